The van der Waals surface area contributed by atoms with Crippen molar-refractivity contribution in [1.29, 1.82) is 0 Å². The Morgan fingerprint density at radius 1 is 1.03 bits per heavy atom. The van der Waals surface area contributed by atoms with E-state index in [9.17, 15) is 9.59 Å². The molecule has 2 amide bonds. The van der Waals surface area contributed by atoms with E-state index in [1.165, 1.54) is 0 Å². The van der Waals surface area contributed by atoms with Gasteiger partial charge in [-0.15, -0.1) is 0 Å². The lowest BCUT2D eigenvalue weighted by Crippen LogP contribution is -2.40. The Bertz CT molecular complexity index is 1580. The predicted octanol–water partition coefficient (Wildman–Crippen LogP) is 3.36. The summed E-state index contributed by atoms with van der Waals surface area (Å²) in [4.78, 5) is 38.2. The molecule has 34 heavy (non-hydrogen) atoms. The molecule has 1 fully saturated rings. The largest absolute Gasteiger partial charge is 0.378 e. The Labute approximate surface area is 194 Å². The second kappa shape index (κ2) is 8.00. The van der Waals surface area contributed by atoms with Crippen molar-refractivity contribution in [1.82, 2.24) is 19.9 Å². The van der Waals surface area contributed by atoms with Crippen LogP contribution in [0, 0.1) is 0 Å². The Kier molecular flexibility index (Phi) is 4.81. The fourth-order valence-corrected chi connectivity index (χ4v) is 4.69. The van der Waals surface area contributed by atoms with Gasteiger partial charge in [-0.2, -0.15) is 0 Å². The van der Waals surface area contributed by atoms with E-state index in [0.29, 0.717) is 31.9 Å². The number of hydrogen-bond acceptors (Lipinski definition) is 4. The molecule has 6 rings (SSSR count). The van der Waals surface area contributed by atoms with Gasteiger partial charge in [0, 0.05) is 52.2 Å². The van der Waals surface area contributed by atoms with Crippen LogP contribution in [0.15, 0.2) is 54.7 Å². The molecule has 4 heterocycles. The van der Waals surface area contributed by atoms with Crippen molar-refractivity contribution in [3.63, 3.8) is 0 Å². The first-order chi connectivity index (χ1) is 16.6. The van der Waals surface area contributed by atoms with Gasteiger partial charge in [0.25, 0.3) is 5.91 Å². The number of aromatic amines is 2. The smallest absolute Gasteiger partial charge is 0.254 e. The topological polar surface area (TPSA) is 117 Å². The maximum atomic E-state index is 13.0. The summed E-state index contributed by atoms with van der Waals surface area (Å²) < 4.78 is 5.36. The molecule has 3 aromatic heterocycles. The Morgan fingerprint density at radius 3 is 2.71 bits per heavy atom. The van der Waals surface area contributed by atoms with Gasteiger partial charge in [-0.05, 0) is 48.0 Å². The summed E-state index contributed by atoms with van der Waals surface area (Å²) in [5.74, 6) is -0.434. The van der Waals surface area contributed by atoms with E-state index in [2.05, 4.69) is 16.0 Å². The number of pyridine rings is 1. The predicted molar refractivity (Wildman–Crippen MR) is 131 cm³/mol. The summed E-state index contributed by atoms with van der Waals surface area (Å²) in [6.45, 7) is 2.28. The van der Waals surface area contributed by atoms with Gasteiger partial charge >= 0.3 is 0 Å². The van der Waals surface area contributed by atoms with E-state index < -0.39 is 5.91 Å². The van der Waals surface area contributed by atoms with Crippen LogP contribution < -0.4 is 5.73 Å². The molecule has 4 N–H and O–H groups in total. The number of morpholine rings is 1. The maximum absolute atomic E-state index is 13.0. The van der Waals surface area contributed by atoms with Gasteiger partial charge < -0.3 is 25.3 Å². The van der Waals surface area contributed by atoms with Crippen LogP contribution in [-0.2, 0) is 16.0 Å². The van der Waals surface area contributed by atoms with E-state index in [4.69, 9.17) is 15.5 Å². The molecule has 2 aromatic carbocycles. The van der Waals surface area contributed by atoms with Crippen molar-refractivity contribution in [2.24, 2.45) is 5.73 Å². The summed E-state index contributed by atoms with van der Waals surface area (Å²) >= 11 is 0. The molecule has 1 aliphatic rings. The summed E-state index contributed by atoms with van der Waals surface area (Å²) in [6, 6.07) is 15.6. The zero-order chi connectivity index (χ0) is 23.2. The molecule has 0 unspecified atom stereocenters. The van der Waals surface area contributed by atoms with Crippen LogP contribution in [0.5, 0.6) is 0 Å². The van der Waals surface area contributed by atoms with Crippen LogP contribution in [0.3, 0.4) is 0 Å². The van der Waals surface area contributed by atoms with Crippen LogP contribution in [0.25, 0.3) is 44.1 Å². The lowest BCUT2D eigenvalue weighted by Gasteiger charge is -2.26. The minimum absolute atomic E-state index is 0.0188. The maximum Gasteiger partial charge on any atom is 0.254 e. The minimum Gasteiger partial charge on any atom is -0.378 e. The molecule has 8 nitrogen and oxygen atoms in total. The second-order valence-electron chi connectivity index (χ2n) is 8.60. The number of benzene rings is 2. The van der Waals surface area contributed by atoms with Gasteiger partial charge in [0.1, 0.15) is 0 Å². The quantitative estimate of drug-likeness (QED) is 0.387. The van der Waals surface area contributed by atoms with Gasteiger partial charge in [-0.3, -0.25) is 9.59 Å². The van der Waals surface area contributed by atoms with Gasteiger partial charge in [0.15, 0.2) is 0 Å². The van der Waals surface area contributed by atoms with Gasteiger partial charge in [0.2, 0.25) is 5.91 Å². The molecule has 0 radical (unpaired) electrons. The molecule has 8 heteroatoms. The molecule has 0 atom stereocenters. The van der Waals surface area contributed by atoms with Gasteiger partial charge in [0.05, 0.1) is 36.4 Å². The average Bonchev–Trinajstić information content (AvgIpc) is 3.47. The molecule has 0 aliphatic carbocycles. The van der Waals surface area contributed by atoms with Gasteiger partial charge in [-0.25, -0.2) is 4.98 Å². The number of nitrogens with one attached hydrogen (secondary N) is 2. The fraction of sp³-hybridized carbons (Fsp3) is 0.192. The number of amides is 2. The molecule has 0 bridgehead atoms. The van der Waals surface area contributed by atoms with Crippen molar-refractivity contribution in [2.45, 2.75) is 6.42 Å². The molecule has 170 valence electrons. The van der Waals surface area contributed by atoms with Crippen LogP contribution >= 0.6 is 0 Å². The van der Waals surface area contributed by atoms with Gasteiger partial charge in [-0.1, -0.05) is 6.07 Å². The van der Waals surface area contributed by atoms with Crippen molar-refractivity contribution >= 4 is 44.7 Å². The van der Waals surface area contributed by atoms with Crippen LogP contribution in [0.4, 0.5) is 0 Å². The molecule has 1 saturated heterocycles. The first-order valence-corrected chi connectivity index (χ1v) is 11.2. The Morgan fingerprint density at radius 2 is 1.88 bits per heavy atom. The minimum atomic E-state index is -0.415. The summed E-state index contributed by atoms with van der Waals surface area (Å²) in [5.41, 5.74) is 12.0. The van der Waals surface area contributed by atoms with E-state index >= 15 is 0 Å². The molecular formula is C26H23N5O3. The van der Waals surface area contributed by atoms with E-state index in [0.717, 1.165) is 49.7 Å². The number of carbonyl (C=O) groups excluding carboxylic acids is 2. The Balaban J connectivity index is 1.49. The summed E-state index contributed by atoms with van der Waals surface area (Å²) in [6.07, 6.45) is 1.99. The number of hydrogen-bond donors (Lipinski definition) is 3. The zero-order valence-electron chi connectivity index (χ0n) is 18.4. The van der Waals surface area contributed by atoms with Crippen molar-refractivity contribution in [2.75, 3.05) is 26.3 Å². The lowest BCUT2D eigenvalue weighted by atomic mass is 10.0. The van der Waals surface area contributed by atoms with E-state index in [1.807, 2.05) is 48.7 Å². The highest BCUT2D eigenvalue weighted by Crippen LogP contribution is 2.32. The Hall–Kier alpha value is -4.17. The normalized spacial score (nSPS) is 14.3. The summed E-state index contributed by atoms with van der Waals surface area (Å²) in [7, 11) is 0. The van der Waals surface area contributed by atoms with Crippen molar-refractivity contribution in [3.05, 3.63) is 65.9 Å². The second-order valence-corrected chi connectivity index (χ2v) is 8.60. The van der Waals surface area contributed by atoms with Crippen molar-refractivity contribution < 1.29 is 14.3 Å². The number of rotatable bonds is 4. The SMILES string of the molecule is NC(=O)Cc1cc(-c2ccc3[nH]ccc3c2)nc2c1[nH]c1cc(C(=O)N3CCOCC3)ccc12. The number of ether oxygens (including phenoxy) is 1. The molecule has 5 aromatic rings. The first-order valence-electron chi connectivity index (χ1n) is 11.2. The van der Waals surface area contributed by atoms with E-state index in [1.54, 1.807) is 4.90 Å². The van der Waals surface area contributed by atoms with Crippen LogP contribution in [-0.4, -0.2) is 58.0 Å². The highest BCUT2D eigenvalue weighted by Gasteiger charge is 2.20. The highest BCUT2D eigenvalue weighted by atomic mass is 16.5. The lowest BCUT2D eigenvalue weighted by molar-refractivity contribution is -0.117. The summed E-state index contributed by atoms with van der Waals surface area (Å²) in [5, 5.41) is 1.98. The molecule has 0 spiro atoms. The third kappa shape index (κ3) is 3.48. The third-order valence-electron chi connectivity index (χ3n) is 6.39. The third-order valence-corrected chi connectivity index (χ3v) is 6.39. The fourth-order valence-electron chi connectivity index (χ4n) is 4.69. The number of H-pyrrole nitrogens is 2. The highest BCUT2D eigenvalue weighted by molar-refractivity contribution is 6.09. The molecular weight excluding hydrogens is 430 g/mol. The molecule has 0 saturated carbocycles. The van der Waals surface area contributed by atoms with Crippen LogP contribution in [0.2, 0.25) is 0 Å². The number of fused-ring (bicyclic) bond motifs is 4. The number of nitrogens with two attached hydrogens (primary N) is 1. The monoisotopic (exact) mass is 453 g/mol. The van der Waals surface area contributed by atoms with E-state index in [-0.39, 0.29) is 12.3 Å². The number of nitrogens with zero attached hydrogens (tertiary/aromatic N) is 2. The number of aromatic nitrogens is 3. The average molecular weight is 454 g/mol. The zero-order valence-corrected chi connectivity index (χ0v) is 18.4. The van der Waals surface area contributed by atoms with Crippen LogP contribution in [0.1, 0.15) is 15.9 Å². The van der Waals surface area contributed by atoms with Crippen molar-refractivity contribution in [3.8, 4) is 11.3 Å². The standard InChI is InChI=1S/C26H23N5O3/c27-23(32)14-18-13-21(15-2-4-20-16(11-15)5-6-28-20)29-25-19-3-1-17(12-22(19)30-24(18)25)26(33)31-7-9-34-10-8-31/h1-6,11-13,28,30H,7-10,14H2,(H2,27,32). The first kappa shape index (κ1) is 20.4. The number of primary amides is 1. The number of carbonyl (C=O) groups is 2. The molecule has 1 aliphatic heterocycles.